The van der Waals surface area contributed by atoms with Gasteiger partial charge in [0.25, 0.3) is 0 Å². The highest BCUT2D eigenvalue weighted by Crippen LogP contribution is 2.64. The fraction of sp³-hybridized carbons (Fsp3) is 0. The molecule has 0 saturated carbocycles. The van der Waals surface area contributed by atoms with Gasteiger partial charge in [0.1, 0.15) is 0 Å². The average Bonchev–Trinajstić information content (AvgIpc) is 3.68. The van der Waals surface area contributed by atoms with Gasteiger partial charge in [-0.2, -0.15) is 0 Å². The second-order valence-corrected chi connectivity index (χ2v) is 16.2. The van der Waals surface area contributed by atoms with Crippen LogP contribution in [0.1, 0.15) is 0 Å². The van der Waals surface area contributed by atoms with Gasteiger partial charge in [0.2, 0.25) is 0 Å². The van der Waals surface area contributed by atoms with Crippen LogP contribution < -0.4 is 4.90 Å². The number of anilines is 3. The number of rotatable bonds is 6. The number of thiophene rings is 1. The summed E-state index contributed by atoms with van der Waals surface area (Å²) in [5.74, 6) is 0. The van der Waals surface area contributed by atoms with E-state index < -0.39 is 0 Å². The molecule has 1 heterocycles. The van der Waals surface area contributed by atoms with Gasteiger partial charge in [-0.05, 0) is 97.1 Å². The second-order valence-electron chi connectivity index (χ2n) is 15.1. The van der Waals surface area contributed by atoms with Gasteiger partial charge >= 0.3 is 0 Å². The molecule has 2 heteroatoms. The third-order valence-corrected chi connectivity index (χ3v) is 13.1. The van der Waals surface area contributed by atoms with E-state index in [0.717, 1.165) is 5.69 Å². The van der Waals surface area contributed by atoms with Crippen LogP contribution in [0.25, 0.3) is 97.4 Å². The van der Waals surface area contributed by atoms with Crippen molar-refractivity contribution in [1.82, 2.24) is 0 Å². The SMILES string of the molecule is c1ccc(-c2ccc(N(c3c4c(cc5ccccc35)-c3c-4c(-c4ccccc4)c4ccccc4c3-c3ccccc3)c3cccc4sc5ccccc5c34)cc2)cc1. The van der Waals surface area contributed by atoms with Gasteiger partial charge in [-0.25, -0.2) is 0 Å². The van der Waals surface area contributed by atoms with Crippen molar-refractivity contribution >= 4 is 70.1 Å². The Morgan fingerprint density at radius 2 is 0.845 bits per heavy atom. The van der Waals surface area contributed by atoms with E-state index in [4.69, 9.17) is 0 Å². The molecule has 11 aromatic rings. The summed E-state index contributed by atoms with van der Waals surface area (Å²) >= 11 is 1.87. The predicted molar refractivity (Wildman–Crippen MR) is 250 cm³/mol. The Morgan fingerprint density at radius 1 is 0.328 bits per heavy atom. The Kier molecular flexibility index (Phi) is 7.47. The largest absolute Gasteiger partial charge is 0.309 e. The molecular formula is C56H35NS. The van der Waals surface area contributed by atoms with E-state index >= 15 is 0 Å². The molecule has 0 fully saturated rings. The molecule has 0 radical (unpaired) electrons. The highest BCUT2D eigenvalue weighted by atomic mass is 32.1. The number of nitrogens with zero attached hydrogens (tertiary/aromatic N) is 1. The first-order valence-electron chi connectivity index (χ1n) is 19.9. The van der Waals surface area contributed by atoms with Gasteiger partial charge in [0.05, 0.1) is 11.4 Å². The van der Waals surface area contributed by atoms with Crippen LogP contribution in [0.2, 0.25) is 0 Å². The van der Waals surface area contributed by atoms with Gasteiger partial charge < -0.3 is 4.90 Å². The molecule has 1 nitrogen and oxygen atoms in total. The highest BCUT2D eigenvalue weighted by Gasteiger charge is 2.37. The molecule has 0 atom stereocenters. The van der Waals surface area contributed by atoms with E-state index in [0.29, 0.717) is 0 Å². The average molecular weight is 754 g/mol. The summed E-state index contributed by atoms with van der Waals surface area (Å²) in [6.45, 7) is 0. The number of hydrogen-bond acceptors (Lipinski definition) is 2. The van der Waals surface area contributed by atoms with Crippen LogP contribution in [0.3, 0.4) is 0 Å². The lowest BCUT2D eigenvalue weighted by molar-refractivity contribution is 1.31. The van der Waals surface area contributed by atoms with Gasteiger partial charge in [-0.3, -0.25) is 0 Å². The third-order valence-electron chi connectivity index (χ3n) is 12.0. The smallest absolute Gasteiger partial charge is 0.0625 e. The van der Waals surface area contributed by atoms with Crippen molar-refractivity contribution in [2.24, 2.45) is 0 Å². The Morgan fingerprint density at radius 3 is 1.52 bits per heavy atom. The van der Waals surface area contributed by atoms with E-state index in [1.54, 1.807) is 0 Å². The molecule has 0 saturated heterocycles. The minimum Gasteiger partial charge on any atom is -0.309 e. The van der Waals surface area contributed by atoms with Crippen molar-refractivity contribution in [3.63, 3.8) is 0 Å². The first-order valence-corrected chi connectivity index (χ1v) is 20.8. The van der Waals surface area contributed by atoms with E-state index in [1.165, 1.54) is 109 Å². The maximum Gasteiger partial charge on any atom is 0.0625 e. The molecule has 58 heavy (non-hydrogen) atoms. The lowest BCUT2D eigenvalue weighted by Gasteiger charge is -2.38. The predicted octanol–water partition coefficient (Wildman–Crippen LogP) is 16.5. The van der Waals surface area contributed by atoms with Crippen LogP contribution in [0.15, 0.2) is 212 Å². The third kappa shape index (κ3) is 4.95. The lowest BCUT2D eigenvalue weighted by Crippen LogP contribution is -2.16. The molecule has 1 aromatic heterocycles. The number of hydrogen-bond donors (Lipinski definition) is 0. The van der Waals surface area contributed by atoms with Crippen molar-refractivity contribution in [3.8, 4) is 55.6 Å². The molecule has 10 aromatic carbocycles. The zero-order valence-corrected chi connectivity index (χ0v) is 32.4. The monoisotopic (exact) mass is 753 g/mol. The normalized spacial score (nSPS) is 11.8. The summed E-state index contributed by atoms with van der Waals surface area (Å²) in [7, 11) is 0. The van der Waals surface area contributed by atoms with Crippen LogP contribution in [-0.4, -0.2) is 0 Å². The van der Waals surface area contributed by atoms with Gasteiger partial charge in [0, 0.05) is 42.4 Å². The first kappa shape index (κ1) is 32.9. The van der Waals surface area contributed by atoms with Crippen molar-refractivity contribution < 1.29 is 0 Å². The van der Waals surface area contributed by atoms with Crippen molar-refractivity contribution in [3.05, 3.63) is 212 Å². The van der Waals surface area contributed by atoms with E-state index in [9.17, 15) is 0 Å². The van der Waals surface area contributed by atoms with Gasteiger partial charge in [0.15, 0.2) is 0 Å². The van der Waals surface area contributed by atoms with E-state index in [2.05, 4.69) is 217 Å². The van der Waals surface area contributed by atoms with Gasteiger partial charge in [-0.15, -0.1) is 11.3 Å². The van der Waals surface area contributed by atoms with E-state index in [1.807, 2.05) is 11.3 Å². The van der Waals surface area contributed by atoms with Crippen molar-refractivity contribution in [1.29, 1.82) is 0 Å². The minimum atomic E-state index is 1.12. The quantitative estimate of drug-likeness (QED) is 0.163. The fourth-order valence-corrected chi connectivity index (χ4v) is 10.6. The molecule has 1 aliphatic rings. The topological polar surface area (TPSA) is 3.24 Å². The van der Waals surface area contributed by atoms with E-state index in [-0.39, 0.29) is 0 Å². The molecule has 1 aliphatic carbocycles. The molecule has 0 N–H and O–H groups in total. The maximum absolute atomic E-state index is 2.58. The zero-order valence-electron chi connectivity index (χ0n) is 31.6. The van der Waals surface area contributed by atoms with Gasteiger partial charge in [-0.1, -0.05) is 176 Å². The summed E-state index contributed by atoms with van der Waals surface area (Å²) in [5.41, 5.74) is 16.2. The van der Waals surface area contributed by atoms with Crippen molar-refractivity contribution in [2.45, 2.75) is 0 Å². The van der Waals surface area contributed by atoms with Crippen LogP contribution in [-0.2, 0) is 0 Å². The van der Waals surface area contributed by atoms with Crippen molar-refractivity contribution in [2.75, 3.05) is 4.90 Å². The maximum atomic E-state index is 2.58. The molecular weight excluding hydrogens is 719 g/mol. The summed E-state index contributed by atoms with van der Waals surface area (Å²) in [6, 6.07) is 78.1. The summed E-state index contributed by atoms with van der Waals surface area (Å²) in [4.78, 5) is 2.58. The first-order chi connectivity index (χ1) is 28.8. The lowest BCUT2D eigenvalue weighted by atomic mass is 9.69. The Labute approximate surface area is 341 Å². The minimum absolute atomic E-state index is 1.12. The van der Waals surface area contributed by atoms with Crippen LogP contribution in [0.4, 0.5) is 17.1 Å². The Balaban J connectivity index is 1.24. The summed E-state index contributed by atoms with van der Waals surface area (Å²) in [5, 5.41) is 7.55. The highest BCUT2D eigenvalue weighted by molar-refractivity contribution is 7.26. The molecule has 12 rings (SSSR count). The molecule has 0 aliphatic heterocycles. The standard InChI is InChI=1S/C56H35NS/c1-4-17-36(18-5-1)37-31-33-41(34-32-37)57(47-28-16-30-49-52(47)45-27-14-15-29-48(45)58-49)56-42-24-11-10-23-40(42)35-46-53-50(38-19-6-2-7-20-38)43-25-12-13-26-44(43)51(55(53)54(46)56)39-21-8-3-9-22-39/h1-35H. The van der Waals surface area contributed by atoms with Crippen LogP contribution in [0, 0.1) is 0 Å². The Bertz CT molecular complexity index is 3360. The van der Waals surface area contributed by atoms with Crippen LogP contribution >= 0.6 is 11.3 Å². The van der Waals surface area contributed by atoms with Crippen LogP contribution in [0.5, 0.6) is 0 Å². The Hall–Kier alpha value is -7.26. The zero-order chi connectivity index (χ0) is 38.2. The number of benzene rings is 10. The second kappa shape index (κ2) is 13.2. The fourth-order valence-electron chi connectivity index (χ4n) is 9.48. The summed E-state index contributed by atoms with van der Waals surface area (Å²) in [6.07, 6.45) is 0. The molecule has 0 unspecified atom stereocenters. The molecule has 270 valence electrons. The summed E-state index contributed by atoms with van der Waals surface area (Å²) < 4.78 is 2.58. The molecule has 0 bridgehead atoms. The molecule has 0 spiro atoms. The molecule has 0 amide bonds. The number of fused-ring (bicyclic) bond motifs is 9.